The highest BCUT2D eigenvalue weighted by molar-refractivity contribution is 6.21. The fourth-order valence-electron chi connectivity index (χ4n) is 4.29. The third kappa shape index (κ3) is 2.92. The van der Waals surface area contributed by atoms with Gasteiger partial charge in [0.2, 0.25) is 0 Å². The quantitative estimate of drug-likeness (QED) is 0.295. The van der Waals surface area contributed by atoms with Crippen LogP contribution >= 0.6 is 0 Å². The average Bonchev–Trinajstić information content (AvgIpc) is 2.83. The first-order valence-electron chi connectivity index (χ1n) is 9.86. The second kappa shape index (κ2) is 7.41. The molecule has 0 aromatic heterocycles. The molecule has 0 spiro atoms. The van der Waals surface area contributed by atoms with Crippen LogP contribution < -0.4 is 0 Å². The van der Waals surface area contributed by atoms with Crippen molar-refractivity contribution in [2.75, 3.05) is 0 Å². The number of rotatable bonds is 2. The maximum Gasteiger partial charge on any atom is 0.148 e. The van der Waals surface area contributed by atoms with Gasteiger partial charge >= 0.3 is 0 Å². The first-order chi connectivity index (χ1) is 15.2. The molecule has 0 unspecified atom stereocenters. The van der Waals surface area contributed by atoms with E-state index >= 15 is 4.39 Å². The zero-order valence-electron chi connectivity index (χ0n) is 16.4. The highest BCUT2D eigenvalue weighted by Crippen LogP contribution is 2.44. The van der Waals surface area contributed by atoms with Crippen molar-refractivity contribution in [3.8, 4) is 34.4 Å². The Bertz CT molecular complexity index is 1500. The maximum atomic E-state index is 15.4. The van der Waals surface area contributed by atoms with Crippen LogP contribution in [0, 0.1) is 28.5 Å². The molecule has 0 aliphatic rings. The van der Waals surface area contributed by atoms with Crippen molar-refractivity contribution < 1.29 is 4.39 Å². The molecule has 31 heavy (non-hydrogen) atoms. The second-order valence-electron chi connectivity index (χ2n) is 7.32. The van der Waals surface area contributed by atoms with Crippen molar-refractivity contribution in [2.24, 2.45) is 0 Å². The van der Waals surface area contributed by atoms with E-state index in [9.17, 15) is 10.5 Å². The number of fused-ring (bicyclic) bond motifs is 2. The normalized spacial score (nSPS) is 10.7. The topological polar surface area (TPSA) is 47.6 Å². The predicted octanol–water partition coefficient (Wildman–Crippen LogP) is 7.21. The number of halogens is 1. The van der Waals surface area contributed by atoms with Gasteiger partial charge in [-0.05, 0) is 44.8 Å². The summed E-state index contributed by atoms with van der Waals surface area (Å²) in [7, 11) is 0. The van der Waals surface area contributed by atoms with Crippen molar-refractivity contribution in [1.29, 1.82) is 10.5 Å². The third-order valence-electron chi connectivity index (χ3n) is 5.59. The molecule has 0 fully saturated rings. The van der Waals surface area contributed by atoms with Crippen molar-refractivity contribution in [2.45, 2.75) is 0 Å². The largest absolute Gasteiger partial charge is 0.205 e. The lowest BCUT2D eigenvalue weighted by molar-refractivity contribution is 0.627. The van der Waals surface area contributed by atoms with Gasteiger partial charge in [0.1, 0.15) is 11.9 Å². The number of hydrogen-bond donors (Lipinski definition) is 0. The van der Waals surface area contributed by atoms with E-state index < -0.39 is 5.82 Å². The Morgan fingerprint density at radius 2 is 1.10 bits per heavy atom. The molecule has 3 heteroatoms. The van der Waals surface area contributed by atoms with Crippen LogP contribution in [0.15, 0.2) is 91.0 Å². The molecule has 0 amide bonds. The lowest BCUT2D eigenvalue weighted by Crippen LogP contribution is -1.96. The summed E-state index contributed by atoms with van der Waals surface area (Å²) in [6.45, 7) is 0. The molecule has 0 aliphatic heterocycles. The Labute approximate surface area is 179 Å². The molecular formula is C28H15FN2. The summed E-state index contributed by atoms with van der Waals surface area (Å²) >= 11 is 0. The smallest absolute Gasteiger partial charge is 0.148 e. The molecule has 5 aromatic rings. The molecule has 2 nitrogen and oxygen atoms in total. The van der Waals surface area contributed by atoms with Crippen LogP contribution in [0.25, 0.3) is 43.8 Å². The number of nitriles is 2. The summed E-state index contributed by atoms with van der Waals surface area (Å²) in [5, 5.41) is 22.6. The molecule has 0 atom stereocenters. The number of hydrogen-bond acceptors (Lipinski definition) is 2. The van der Waals surface area contributed by atoms with E-state index in [1.165, 1.54) is 12.1 Å². The Morgan fingerprint density at radius 1 is 0.581 bits per heavy atom. The van der Waals surface area contributed by atoms with E-state index in [0.29, 0.717) is 5.56 Å². The average molecular weight is 398 g/mol. The molecule has 144 valence electrons. The van der Waals surface area contributed by atoms with Gasteiger partial charge in [-0.25, -0.2) is 4.39 Å². The lowest BCUT2D eigenvalue weighted by atomic mass is 9.85. The SMILES string of the molecule is N#Cc1cc(C#N)c(F)c(-c2c3ccccc3c(-c3ccccc3)c3ccccc23)c1. The van der Waals surface area contributed by atoms with Crippen LogP contribution in [0.3, 0.4) is 0 Å². The molecule has 5 rings (SSSR count). The van der Waals surface area contributed by atoms with Gasteiger partial charge in [0.15, 0.2) is 0 Å². The molecule has 0 radical (unpaired) electrons. The van der Waals surface area contributed by atoms with E-state index in [2.05, 4.69) is 18.2 Å². The minimum Gasteiger partial charge on any atom is -0.205 e. The van der Waals surface area contributed by atoms with Crippen molar-refractivity contribution in [1.82, 2.24) is 0 Å². The highest BCUT2D eigenvalue weighted by Gasteiger charge is 2.20. The monoisotopic (exact) mass is 398 g/mol. The van der Waals surface area contributed by atoms with Crippen LogP contribution in [0.2, 0.25) is 0 Å². The highest BCUT2D eigenvalue weighted by atomic mass is 19.1. The Morgan fingerprint density at radius 3 is 1.61 bits per heavy atom. The Balaban J connectivity index is 2.02. The van der Waals surface area contributed by atoms with Crippen molar-refractivity contribution in [3.63, 3.8) is 0 Å². The van der Waals surface area contributed by atoms with Crippen molar-refractivity contribution >= 4 is 21.5 Å². The molecule has 5 aromatic carbocycles. The van der Waals surface area contributed by atoms with Gasteiger partial charge in [-0.2, -0.15) is 10.5 Å². The Hall–Kier alpha value is -4.47. The lowest BCUT2D eigenvalue weighted by Gasteiger charge is -2.18. The van der Waals surface area contributed by atoms with Gasteiger partial charge in [-0.3, -0.25) is 0 Å². The van der Waals surface area contributed by atoms with Gasteiger partial charge in [0, 0.05) is 11.1 Å². The van der Waals surface area contributed by atoms with Gasteiger partial charge in [0.25, 0.3) is 0 Å². The van der Waals surface area contributed by atoms with E-state index in [4.69, 9.17) is 0 Å². The fraction of sp³-hybridized carbons (Fsp3) is 0. The summed E-state index contributed by atoms with van der Waals surface area (Å²) in [6.07, 6.45) is 0. The molecule has 0 bridgehead atoms. The van der Waals surface area contributed by atoms with Crippen LogP contribution in [-0.4, -0.2) is 0 Å². The maximum absolute atomic E-state index is 15.4. The van der Waals surface area contributed by atoms with Gasteiger partial charge < -0.3 is 0 Å². The van der Waals surface area contributed by atoms with Gasteiger partial charge in [-0.1, -0.05) is 78.9 Å². The van der Waals surface area contributed by atoms with E-state index in [1.807, 2.05) is 72.8 Å². The van der Waals surface area contributed by atoms with Crippen molar-refractivity contribution in [3.05, 3.63) is 108 Å². The van der Waals surface area contributed by atoms with E-state index in [-0.39, 0.29) is 16.7 Å². The number of benzene rings is 5. The predicted molar refractivity (Wildman–Crippen MR) is 122 cm³/mol. The third-order valence-corrected chi connectivity index (χ3v) is 5.59. The minimum absolute atomic E-state index is 0.130. The molecule has 0 heterocycles. The Kier molecular flexibility index (Phi) is 4.43. The molecule has 0 N–H and O–H groups in total. The number of nitrogens with zero attached hydrogens (tertiary/aromatic N) is 2. The summed E-state index contributed by atoms with van der Waals surface area (Å²) < 4.78 is 15.4. The zero-order valence-corrected chi connectivity index (χ0v) is 16.4. The summed E-state index contributed by atoms with van der Waals surface area (Å²) in [5.74, 6) is -0.607. The standard InChI is InChI=1S/C28H15FN2/c29-28-20(17-31)14-18(16-30)15-25(28)27-23-12-6-4-10-21(23)26(19-8-2-1-3-9-19)22-11-5-7-13-24(22)27/h1-15H. The van der Waals surface area contributed by atoms with Crippen LogP contribution in [0.4, 0.5) is 4.39 Å². The zero-order chi connectivity index (χ0) is 21.4. The fourth-order valence-corrected chi connectivity index (χ4v) is 4.29. The van der Waals surface area contributed by atoms with Crippen LogP contribution in [0.5, 0.6) is 0 Å². The second-order valence-corrected chi connectivity index (χ2v) is 7.32. The molecule has 0 saturated heterocycles. The van der Waals surface area contributed by atoms with Gasteiger partial charge in [-0.15, -0.1) is 0 Å². The molecule has 0 saturated carbocycles. The van der Waals surface area contributed by atoms with E-state index in [1.54, 1.807) is 0 Å². The van der Waals surface area contributed by atoms with E-state index in [0.717, 1.165) is 32.7 Å². The minimum atomic E-state index is -0.607. The molecular weight excluding hydrogens is 383 g/mol. The molecule has 0 aliphatic carbocycles. The van der Waals surface area contributed by atoms with Crippen LogP contribution in [0.1, 0.15) is 11.1 Å². The summed E-state index contributed by atoms with van der Waals surface area (Å²) in [4.78, 5) is 0. The first kappa shape index (κ1) is 18.6. The summed E-state index contributed by atoms with van der Waals surface area (Å²) in [5.41, 5.74) is 3.24. The van der Waals surface area contributed by atoms with Crippen LogP contribution in [-0.2, 0) is 0 Å². The van der Waals surface area contributed by atoms with Gasteiger partial charge in [0.05, 0.1) is 17.2 Å². The summed E-state index contributed by atoms with van der Waals surface area (Å²) in [6, 6.07) is 32.7. The first-order valence-corrected chi connectivity index (χ1v) is 9.86.